The van der Waals surface area contributed by atoms with Crippen LogP contribution in [-0.2, 0) is 4.79 Å². The summed E-state index contributed by atoms with van der Waals surface area (Å²) in [5.41, 5.74) is 0.896. The molecule has 1 aliphatic rings. The number of hydrogen-bond donors (Lipinski definition) is 1. The highest BCUT2D eigenvalue weighted by atomic mass is 16.2. The third kappa shape index (κ3) is 2.03. The minimum atomic E-state index is 0.160. The van der Waals surface area contributed by atoms with Gasteiger partial charge in [-0.2, -0.15) is 0 Å². The van der Waals surface area contributed by atoms with Crippen LogP contribution in [-0.4, -0.2) is 5.91 Å². The predicted molar refractivity (Wildman–Crippen MR) is 69.8 cm³/mol. The van der Waals surface area contributed by atoms with Gasteiger partial charge >= 0.3 is 0 Å². The van der Waals surface area contributed by atoms with E-state index in [1.807, 2.05) is 30.3 Å². The zero-order valence-electron chi connectivity index (χ0n) is 9.81. The number of anilines is 1. The number of hydrogen-bond acceptors (Lipinski definition) is 1. The van der Waals surface area contributed by atoms with Crippen LogP contribution in [0.1, 0.15) is 13.3 Å². The van der Waals surface area contributed by atoms with Gasteiger partial charge in [0, 0.05) is 11.6 Å². The molecule has 0 aliphatic heterocycles. The standard InChI is InChI=1S/C15H15NO/c1-10-8-14(10)15(17)16-13-7-6-11-4-2-3-5-12(11)9-13/h2-7,9-10,14H,8H2,1H3,(H,16,17)/t10-,14+/m1/s1. The molecule has 17 heavy (non-hydrogen) atoms. The minimum absolute atomic E-state index is 0.160. The van der Waals surface area contributed by atoms with Crippen molar-refractivity contribution in [1.82, 2.24) is 0 Å². The lowest BCUT2D eigenvalue weighted by molar-refractivity contribution is -0.117. The second kappa shape index (κ2) is 3.88. The van der Waals surface area contributed by atoms with Crippen LogP contribution in [0, 0.1) is 11.8 Å². The second-order valence-electron chi connectivity index (χ2n) is 4.87. The minimum Gasteiger partial charge on any atom is -0.326 e. The van der Waals surface area contributed by atoms with E-state index in [1.54, 1.807) is 0 Å². The summed E-state index contributed by atoms with van der Waals surface area (Å²) in [5, 5.41) is 5.35. The molecule has 2 nitrogen and oxygen atoms in total. The van der Waals surface area contributed by atoms with Crippen molar-refractivity contribution in [3.8, 4) is 0 Å². The van der Waals surface area contributed by atoms with Crippen LogP contribution in [0.15, 0.2) is 42.5 Å². The van der Waals surface area contributed by atoms with Crippen LogP contribution in [0.4, 0.5) is 5.69 Å². The van der Waals surface area contributed by atoms with Crippen molar-refractivity contribution < 1.29 is 4.79 Å². The first-order valence-electron chi connectivity index (χ1n) is 6.04. The number of benzene rings is 2. The first kappa shape index (κ1) is 10.3. The first-order chi connectivity index (χ1) is 8.24. The van der Waals surface area contributed by atoms with E-state index in [4.69, 9.17) is 0 Å². The number of rotatable bonds is 2. The Morgan fingerprint density at radius 2 is 1.88 bits per heavy atom. The third-order valence-electron chi connectivity index (χ3n) is 3.46. The highest BCUT2D eigenvalue weighted by Gasteiger charge is 2.38. The van der Waals surface area contributed by atoms with Crippen molar-refractivity contribution in [1.29, 1.82) is 0 Å². The number of fused-ring (bicyclic) bond motifs is 1. The van der Waals surface area contributed by atoms with E-state index in [0.717, 1.165) is 17.5 Å². The molecule has 0 unspecified atom stereocenters. The lowest BCUT2D eigenvalue weighted by Gasteiger charge is -2.05. The zero-order chi connectivity index (χ0) is 11.8. The van der Waals surface area contributed by atoms with E-state index in [-0.39, 0.29) is 11.8 Å². The molecule has 2 atom stereocenters. The Morgan fingerprint density at radius 3 is 2.59 bits per heavy atom. The first-order valence-corrected chi connectivity index (χ1v) is 6.04. The highest BCUT2D eigenvalue weighted by molar-refractivity contribution is 5.96. The fraction of sp³-hybridized carbons (Fsp3) is 0.267. The maximum atomic E-state index is 11.8. The zero-order valence-corrected chi connectivity index (χ0v) is 9.81. The summed E-state index contributed by atoms with van der Waals surface area (Å²) in [5.74, 6) is 0.935. The maximum Gasteiger partial charge on any atom is 0.227 e. The van der Waals surface area contributed by atoms with E-state index in [1.165, 1.54) is 5.39 Å². The van der Waals surface area contributed by atoms with Gasteiger partial charge < -0.3 is 5.32 Å². The van der Waals surface area contributed by atoms with Crippen LogP contribution < -0.4 is 5.32 Å². The van der Waals surface area contributed by atoms with Crippen molar-refractivity contribution in [2.45, 2.75) is 13.3 Å². The Morgan fingerprint density at radius 1 is 1.18 bits per heavy atom. The predicted octanol–water partition coefficient (Wildman–Crippen LogP) is 3.43. The van der Waals surface area contributed by atoms with Crippen molar-refractivity contribution in [2.24, 2.45) is 11.8 Å². The normalized spacial score (nSPS) is 22.4. The van der Waals surface area contributed by atoms with Gasteiger partial charge in [0.05, 0.1) is 0 Å². The van der Waals surface area contributed by atoms with Gasteiger partial charge in [0.25, 0.3) is 0 Å². The summed E-state index contributed by atoms with van der Waals surface area (Å²) in [6, 6.07) is 14.2. The molecule has 0 spiro atoms. The molecule has 1 saturated carbocycles. The van der Waals surface area contributed by atoms with E-state index in [2.05, 4.69) is 24.4 Å². The van der Waals surface area contributed by atoms with Crippen LogP contribution in [0.2, 0.25) is 0 Å². The smallest absolute Gasteiger partial charge is 0.227 e. The Bertz CT molecular complexity index is 576. The van der Waals surface area contributed by atoms with Gasteiger partial charge in [-0.15, -0.1) is 0 Å². The van der Waals surface area contributed by atoms with Crippen LogP contribution in [0.3, 0.4) is 0 Å². The summed E-state index contributed by atoms with van der Waals surface area (Å²) in [7, 11) is 0. The molecule has 86 valence electrons. The second-order valence-corrected chi connectivity index (χ2v) is 4.87. The molecule has 2 aromatic carbocycles. The van der Waals surface area contributed by atoms with E-state index < -0.39 is 0 Å². The van der Waals surface area contributed by atoms with E-state index in [9.17, 15) is 4.79 Å². The number of carbonyl (C=O) groups excluding carboxylic acids is 1. The molecular formula is C15H15NO. The Hall–Kier alpha value is -1.83. The molecule has 0 heterocycles. The molecule has 1 N–H and O–H groups in total. The maximum absolute atomic E-state index is 11.8. The topological polar surface area (TPSA) is 29.1 Å². The van der Waals surface area contributed by atoms with E-state index in [0.29, 0.717) is 5.92 Å². The van der Waals surface area contributed by atoms with Crippen LogP contribution in [0.25, 0.3) is 10.8 Å². The fourth-order valence-corrected chi connectivity index (χ4v) is 2.19. The SMILES string of the molecule is C[C@@H]1C[C@@H]1C(=O)Nc1ccc2ccccc2c1. The number of nitrogens with one attached hydrogen (secondary N) is 1. The average Bonchev–Trinajstić information content (AvgIpc) is 3.06. The van der Waals surface area contributed by atoms with Gasteiger partial charge in [-0.1, -0.05) is 37.3 Å². The molecule has 0 saturated heterocycles. The van der Waals surface area contributed by atoms with Crippen molar-refractivity contribution in [2.75, 3.05) is 5.32 Å². The molecule has 2 heteroatoms. The number of amides is 1. The molecule has 1 fully saturated rings. The quantitative estimate of drug-likeness (QED) is 0.833. The molecular weight excluding hydrogens is 210 g/mol. The van der Waals surface area contributed by atoms with Crippen molar-refractivity contribution in [3.63, 3.8) is 0 Å². The Balaban J connectivity index is 1.83. The lowest BCUT2D eigenvalue weighted by atomic mass is 10.1. The van der Waals surface area contributed by atoms with E-state index >= 15 is 0 Å². The summed E-state index contributed by atoms with van der Waals surface area (Å²) in [6.45, 7) is 2.12. The Kier molecular flexibility index (Phi) is 2.36. The monoisotopic (exact) mass is 225 g/mol. The van der Waals surface area contributed by atoms with Gasteiger partial charge in [0.1, 0.15) is 0 Å². The molecule has 0 bridgehead atoms. The average molecular weight is 225 g/mol. The lowest BCUT2D eigenvalue weighted by Crippen LogP contribution is -2.14. The molecule has 1 aliphatic carbocycles. The van der Waals surface area contributed by atoms with Crippen molar-refractivity contribution in [3.05, 3.63) is 42.5 Å². The molecule has 2 aromatic rings. The molecule has 0 radical (unpaired) electrons. The van der Waals surface area contributed by atoms with Crippen LogP contribution >= 0.6 is 0 Å². The summed E-state index contributed by atoms with van der Waals surface area (Å²) < 4.78 is 0. The third-order valence-corrected chi connectivity index (χ3v) is 3.46. The van der Waals surface area contributed by atoms with Gasteiger partial charge in [-0.05, 0) is 35.2 Å². The molecule has 1 amide bonds. The number of carbonyl (C=O) groups is 1. The highest BCUT2D eigenvalue weighted by Crippen LogP contribution is 2.38. The molecule has 3 rings (SSSR count). The fourth-order valence-electron chi connectivity index (χ4n) is 2.19. The molecule has 0 aromatic heterocycles. The summed E-state index contributed by atoms with van der Waals surface area (Å²) in [4.78, 5) is 11.8. The Labute approximate surface area is 101 Å². The van der Waals surface area contributed by atoms with Crippen molar-refractivity contribution >= 4 is 22.4 Å². The van der Waals surface area contributed by atoms with Gasteiger partial charge in [0.2, 0.25) is 5.91 Å². The van der Waals surface area contributed by atoms with Gasteiger partial charge in [-0.3, -0.25) is 4.79 Å². The van der Waals surface area contributed by atoms with Crippen LogP contribution in [0.5, 0.6) is 0 Å². The largest absolute Gasteiger partial charge is 0.326 e. The summed E-state index contributed by atoms with van der Waals surface area (Å²) in [6.07, 6.45) is 1.03. The van der Waals surface area contributed by atoms with Gasteiger partial charge in [-0.25, -0.2) is 0 Å². The summed E-state index contributed by atoms with van der Waals surface area (Å²) >= 11 is 0. The van der Waals surface area contributed by atoms with Gasteiger partial charge in [0.15, 0.2) is 0 Å².